The molecule has 8 nitrogen and oxygen atoms in total. The number of nitrogens with two attached hydrogens (primary N) is 1. The van der Waals surface area contributed by atoms with Gasteiger partial charge in [0, 0.05) is 41.5 Å². The maximum atomic E-state index is 12.0. The summed E-state index contributed by atoms with van der Waals surface area (Å²) in [5.74, 6) is 0.990. The minimum absolute atomic E-state index is 0.0238. The molecule has 8 heteroatoms. The molecule has 3 heterocycles. The van der Waals surface area contributed by atoms with Gasteiger partial charge in [0.2, 0.25) is 17.7 Å². The maximum absolute atomic E-state index is 12.0. The van der Waals surface area contributed by atoms with Crippen molar-refractivity contribution in [1.29, 1.82) is 0 Å². The molecule has 1 aromatic carbocycles. The number of hydrogen-bond donors (Lipinski definition) is 3. The molecular weight excluding hydrogens is 356 g/mol. The molecule has 0 bridgehead atoms. The number of hydrogen-bond acceptors (Lipinski definition) is 7. The Morgan fingerprint density at radius 3 is 2.96 bits per heavy atom. The number of nitrogens with one attached hydrogen (secondary N) is 2. The normalized spacial score (nSPS) is 15.5. The molecule has 5 rings (SSSR count). The van der Waals surface area contributed by atoms with Crippen LogP contribution in [-0.2, 0) is 4.79 Å². The van der Waals surface area contributed by atoms with Crippen LogP contribution in [0.25, 0.3) is 22.0 Å². The standard InChI is InChI=1S/C20H20N6O2/c1-10-13(8-23-19-17(10)22-4-5-28-19)12-6-15(21)14-9-24-20(25-16(14)7-12)26-18(27)11-2-3-11/h6-9,11,22H,2-5,21H2,1H3,(H,24,25,26,27). The molecule has 2 aliphatic rings. The van der Waals surface area contributed by atoms with Crippen molar-refractivity contribution in [3.63, 3.8) is 0 Å². The lowest BCUT2D eigenvalue weighted by atomic mass is 9.99. The number of rotatable bonds is 3. The summed E-state index contributed by atoms with van der Waals surface area (Å²) in [5.41, 5.74) is 11.3. The second kappa shape index (κ2) is 6.33. The van der Waals surface area contributed by atoms with E-state index in [0.717, 1.165) is 47.2 Å². The molecule has 0 atom stereocenters. The molecule has 1 saturated carbocycles. The van der Waals surface area contributed by atoms with Crippen molar-refractivity contribution < 1.29 is 9.53 Å². The molecular formula is C20H20N6O2. The van der Waals surface area contributed by atoms with Crippen molar-refractivity contribution in [1.82, 2.24) is 15.0 Å². The molecule has 4 N–H and O–H groups in total. The van der Waals surface area contributed by atoms with Gasteiger partial charge in [-0.1, -0.05) is 0 Å². The van der Waals surface area contributed by atoms with Crippen LogP contribution in [-0.4, -0.2) is 34.0 Å². The third-order valence-electron chi connectivity index (χ3n) is 5.17. The summed E-state index contributed by atoms with van der Waals surface area (Å²) < 4.78 is 5.61. The Hall–Kier alpha value is -3.42. The van der Waals surface area contributed by atoms with Crippen molar-refractivity contribution in [2.24, 2.45) is 5.92 Å². The molecule has 3 aromatic rings. The second-order valence-corrected chi connectivity index (χ2v) is 7.21. The zero-order chi connectivity index (χ0) is 19.3. The summed E-state index contributed by atoms with van der Waals surface area (Å²) in [6, 6.07) is 3.84. The molecule has 1 aliphatic carbocycles. The molecule has 1 fully saturated rings. The minimum Gasteiger partial charge on any atom is -0.474 e. The largest absolute Gasteiger partial charge is 0.474 e. The Labute approximate surface area is 161 Å². The number of ether oxygens (including phenoxy) is 1. The van der Waals surface area contributed by atoms with Gasteiger partial charge in [0.25, 0.3) is 0 Å². The number of carbonyl (C=O) groups excluding carboxylic acids is 1. The quantitative estimate of drug-likeness (QED) is 0.602. The van der Waals surface area contributed by atoms with Crippen molar-refractivity contribution in [2.75, 3.05) is 29.5 Å². The van der Waals surface area contributed by atoms with Crippen LogP contribution < -0.4 is 21.1 Å². The van der Waals surface area contributed by atoms with Gasteiger partial charge in [-0.3, -0.25) is 10.1 Å². The van der Waals surface area contributed by atoms with Gasteiger partial charge in [0.15, 0.2) is 0 Å². The number of benzene rings is 1. The van der Waals surface area contributed by atoms with Crippen LogP contribution in [0, 0.1) is 12.8 Å². The first-order valence-corrected chi connectivity index (χ1v) is 9.34. The minimum atomic E-state index is -0.0238. The highest BCUT2D eigenvalue weighted by Crippen LogP contribution is 2.37. The monoisotopic (exact) mass is 376 g/mol. The molecule has 1 aliphatic heterocycles. The highest BCUT2D eigenvalue weighted by molar-refractivity contribution is 5.97. The first-order valence-electron chi connectivity index (χ1n) is 9.34. The molecule has 28 heavy (non-hydrogen) atoms. The van der Waals surface area contributed by atoms with E-state index in [1.54, 1.807) is 12.4 Å². The highest BCUT2D eigenvalue weighted by atomic mass is 16.5. The summed E-state index contributed by atoms with van der Waals surface area (Å²) in [5, 5.41) is 6.88. The van der Waals surface area contributed by atoms with Crippen LogP contribution >= 0.6 is 0 Å². The Morgan fingerprint density at radius 2 is 2.14 bits per heavy atom. The van der Waals surface area contributed by atoms with Crippen molar-refractivity contribution in [3.05, 3.63) is 30.1 Å². The van der Waals surface area contributed by atoms with E-state index in [0.29, 0.717) is 29.6 Å². The van der Waals surface area contributed by atoms with Gasteiger partial charge in [-0.15, -0.1) is 0 Å². The topological polar surface area (TPSA) is 115 Å². The molecule has 0 saturated heterocycles. The van der Waals surface area contributed by atoms with E-state index in [-0.39, 0.29) is 11.8 Å². The van der Waals surface area contributed by atoms with E-state index in [9.17, 15) is 4.79 Å². The molecule has 0 unspecified atom stereocenters. The molecule has 0 radical (unpaired) electrons. The van der Waals surface area contributed by atoms with Crippen molar-refractivity contribution in [2.45, 2.75) is 19.8 Å². The number of nitrogen functional groups attached to an aromatic ring is 1. The fraction of sp³-hybridized carbons (Fsp3) is 0.300. The summed E-state index contributed by atoms with van der Waals surface area (Å²) in [6.07, 6.45) is 5.30. The first kappa shape index (κ1) is 16.7. The fourth-order valence-corrected chi connectivity index (χ4v) is 3.45. The van der Waals surface area contributed by atoms with Gasteiger partial charge in [0.05, 0.1) is 5.52 Å². The van der Waals surface area contributed by atoms with E-state index < -0.39 is 0 Å². The Bertz CT molecular complexity index is 1110. The van der Waals surface area contributed by atoms with Gasteiger partial charge in [0.1, 0.15) is 12.3 Å². The fourth-order valence-electron chi connectivity index (χ4n) is 3.45. The van der Waals surface area contributed by atoms with E-state index in [2.05, 4.69) is 25.6 Å². The van der Waals surface area contributed by atoms with Crippen molar-refractivity contribution >= 4 is 34.1 Å². The van der Waals surface area contributed by atoms with E-state index >= 15 is 0 Å². The Kier molecular flexibility index (Phi) is 3.78. The zero-order valence-electron chi connectivity index (χ0n) is 15.5. The third-order valence-corrected chi connectivity index (χ3v) is 5.17. The van der Waals surface area contributed by atoms with Crippen molar-refractivity contribution in [3.8, 4) is 17.0 Å². The van der Waals surface area contributed by atoms with Crippen LogP contribution in [0.4, 0.5) is 17.3 Å². The van der Waals surface area contributed by atoms with Gasteiger partial charge >= 0.3 is 0 Å². The number of pyridine rings is 1. The van der Waals surface area contributed by atoms with Crippen LogP contribution in [0.3, 0.4) is 0 Å². The molecule has 1 amide bonds. The Balaban J connectivity index is 1.57. The first-order chi connectivity index (χ1) is 13.6. The predicted octanol–water partition coefficient (Wildman–Crippen LogP) is 2.74. The van der Waals surface area contributed by atoms with Crippen LogP contribution in [0.5, 0.6) is 5.88 Å². The third kappa shape index (κ3) is 2.87. The van der Waals surface area contributed by atoms with Crippen LogP contribution in [0.2, 0.25) is 0 Å². The van der Waals surface area contributed by atoms with Gasteiger partial charge in [-0.05, 0) is 43.0 Å². The van der Waals surface area contributed by atoms with Gasteiger partial charge in [-0.2, -0.15) is 0 Å². The van der Waals surface area contributed by atoms with Crippen LogP contribution in [0.15, 0.2) is 24.5 Å². The van der Waals surface area contributed by atoms with Gasteiger partial charge in [-0.25, -0.2) is 15.0 Å². The maximum Gasteiger partial charge on any atom is 0.237 e. The van der Waals surface area contributed by atoms with E-state index in [4.69, 9.17) is 10.5 Å². The number of aromatic nitrogens is 3. The average molecular weight is 376 g/mol. The number of fused-ring (bicyclic) bond motifs is 2. The SMILES string of the molecule is Cc1c(-c2cc(N)c3cnc(NC(=O)C4CC4)nc3c2)cnc2c1NCCO2. The van der Waals surface area contributed by atoms with E-state index in [1.807, 2.05) is 19.1 Å². The lowest BCUT2D eigenvalue weighted by Gasteiger charge is -2.21. The van der Waals surface area contributed by atoms with Crippen LogP contribution in [0.1, 0.15) is 18.4 Å². The zero-order valence-corrected chi connectivity index (χ0v) is 15.5. The highest BCUT2D eigenvalue weighted by Gasteiger charge is 2.30. The average Bonchev–Trinajstić information content (AvgIpc) is 3.53. The number of carbonyl (C=O) groups is 1. The molecule has 142 valence electrons. The Morgan fingerprint density at radius 1 is 1.29 bits per heavy atom. The molecule has 2 aromatic heterocycles. The summed E-state index contributed by atoms with van der Waals surface area (Å²) >= 11 is 0. The smallest absolute Gasteiger partial charge is 0.237 e. The number of amides is 1. The summed E-state index contributed by atoms with van der Waals surface area (Å²) in [6.45, 7) is 3.38. The lowest BCUT2D eigenvalue weighted by Crippen LogP contribution is -2.20. The summed E-state index contributed by atoms with van der Waals surface area (Å²) in [4.78, 5) is 25.2. The summed E-state index contributed by atoms with van der Waals surface area (Å²) in [7, 11) is 0. The second-order valence-electron chi connectivity index (χ2n) is 7.21. The predicted molar refractivity (Wildman–Crippen MR) is 107 cm³/mol. The van der Waals surface area contributed by atoms with E-state index in [1.165, 1.54) is 0 Å². The number of nitrogens with zero attached hydrogens (tertiary/aromatic N) is 3. The van der Waals surface area contributed by atoms with Gasteiger partial charge < -0.3 is 15.8 Å². The lowest BCUT2D eigenvalue weighted by molar-refractivity contribution is -0.117. The number of anilines is 3. The molecule has 0 spiro atoms.